The van der Waals surface area contributed by atoms with Gasteiger partial charge in [-0.2, -0.15) is 0 Å². The van der Waals surface area contributed by atoms with E-state index in [4.69, 9.17) is 0 Å². The molecule has 23 heavy (non-hydrogen) atoms. The Morgan fingerprint density at radius 3 is 2.48 bits per heavy atom. The first-order valence-electron chi connectivity index (χ1n) is 9.40. The van der Waals surface area contributed by atoms with Crippen LogP contribution in [0.4, 0.5) is 5.69 Å². The van der Waals surface area contributed by atoms with Crippen LogP contribution in [-0.4, -0.2) is 36.5 Å². The number of carbonyl (C=O) groups is 1. The van der Waals surface area contributed by atoms with E-state index in [0.717, 1.165) is 38.9 Å². The van der Waals surface area contributed by atoms with Crippen LogP contribution in [0.2, 0.25) is 0 Å². The van der Waals surface area contributed by atoms with Crippen molar-refractivity contribution in [2.75, 3.05) is 24.5 Å². The van der Waals surface area contributed by atoms with E-state index in [1.165, 1.54) is 37.8 Å². The summed E-state index contributed by atoms with van der Waals surface area (Å²) in [5.74, 6) is 0.463. The molecule has 2 heterocycles. The third-order valence-electron chi connectivity index (χ3n) is 6.26. The number of likely N-dealkylation sites (tertiary alicyclic amines) is 1. The molecule has 124 valence electrons. The lowest BCUT2D eigenvalue weighted by atomic mass is 9.78. The molecule has 3 heteroatoms. The first-order valence-corrected chi connectivity index (χ1v) is 9.40. The van der Waals surface area contributed by atoms with Crippen LogP contribution in [0.15, 0.2) is 30.3 Å². The lowest BCUT2D eigenvalue weighted by molar-refractivity contribution is -0.138. The number of para-hydroxylation sites is 1. The van der Waals surface area contributed by atoms with Crippen LogP contribution in [0.5, 0.6) is 0 Å². The van der Waals surface area contributed by atoms with Gasteiger partial charge in [0.2, 0.25) is 5.91 Å². The normalized spacial score (nSPS) is 29.5. The molecule has 0 bridgehead atoms. The quantitative estimate of drug-likeness (QED) is 0.828. The maximum atomic E-state index is 13.3. The van der Waals surface area contributed by atoms with Gasteiger partial charge in [-0.1, -0.05) is 37.5 Å². The largest absolute Gasteiger partial charge is 0.370 e. The van der Waals surface area contributed by atoms with E-state index < -0.39 is 0 Å². The van der Waals surface area contributed by atoms with Crippen LogP contribution in [-0.2, 0) is 4.79 Å². The lowest BCUT2D eigenvalue weighted by Crippen LogP contribution is -2.49. The van der Waals surface area contributed by atoms with Gasteiger partial charge < -0.3 is 9.80 Å². The van der Waals surface area contributed by atoms with E-state index in [-0.39, 0.29) is 5.41 Å². The SMILES string of the molecule is O=C1N(C2CCCCC2)CCC12CCCN(c1ccccc1)C2. The molecule has 3 aliphatic rings. The molecular formula is C20H28N2O. The first-order chi connectivity index (χ1) is 11.3. The van der Waals surface area contributed by atoms with Gasteiger partial charge in [0.05, 0.1) is 5.41 Å². The molecule has 1 spiro atoms. The number of hydrogen-bond donors (Lipinski definition) is 0. The highest BCUT2D eigenvalue weighted by Gasteiger charge is 2.50. The Morgan fingerprint density at radius 2 is 1.70 bits per heavy atom. The van der Waals surface area contributed by atoms with Gasteiger partial charge in [0, 0.05) is 31.4 Å². The zero-order valence-electron chi connectivity index (χ0n) is 14.0. The molecule has 4 rings (SSSR count). The molecule has 2 aliphatic heterocycles. The van der Waals surface area contributed by atoms with Crippen LogP contribution in [0, 0.1) is 5.41 Å². The van der Waals surface area contributed by atoms with Crippen molar-refractivity contribution >= 4 is 11.6 Å². The van der Waals surface area contributed by atoms with E-state index >= 15 is 0 Å². The molecule has 1 atom stereocenters. The average Bonchev–Trinajstić information content (AvgIpc) is 2.93. The molecule has 1 aromatic carbocycles. The number of hydrogen-bond acceptors (Lipinski definition) is 2. The van der Waals surface area contributed by atoms with E-state index in [1.807, 2.05) is 0 Å². The van der Waals surface area contributed by atoms with Gasteiger partial charge in [0.25, 0.3) is 0 Å². The predicted octanol–water partition coefficient (Wildman–Crippen LogP) is 3.84. The van der Waals surface area contributed by atoms with E-state index in [1.54, 1.807) is 0 Å². The standard InChI is InChI=1S/C20H28N2O/c23-19-20(13-15-22(19)18-10-5-2-6-11-18)12-7-14-21(16-20)17-8-3-1-4-9-17/h1,3-4,8-9,18H,2,5-7,10-16H2. The van der Waals surface area contributed by atoms with E-state index in [2.05, 4.69) is 40.1 Å². The number of nitrogens with zero attached hydrogens (tertiary/aromatic N) is 2. The molecule has 3 fully saturated rings. The van der Waals surface area contributed by atoms with Crippen LogP contribution in [0.3, 0.4) is 0 Å². The second-order valence-electron chi connectivity index (χ2n) is 7.68. The number of amides is 1. The van der Waals surface area contributed by atoms with Gasteiger partial charge in [-0.15, -0.1) is 0 Å². The predicted molar refractivity (Wildman–Crippen MR) is 93.5 cm³/mol. The van der Waals surface area contributed by atoms with Gasteiger partial charge in [-0.25, -0.2) is 0 Å². The minimum absolute atomic E-state index is 0.106. The highest BCUT2D eigenvalue weighted by atomic mass is 16.2. The Kier molecular flexibility index (Phi) is 4.04. The van der Waals surface area contributed by atoms with Crippen LogP contribution in [0.25, 0.3) is 0 Å². The van der Waals surface area contributed by atoms with Gasteiger partial charge in [0.15, 0.2) is 0 Å². The first kappa shape index (κ1) is 15.0. The molecule has 0 aromatic heterocycles. The van der Waals surface area contributed by atoms with Crippen molar-refractivity contribution in [3.8, 4) is 0 Å². The number of anilines is 1. The Morgan fingerprint density at radius 1 is 0.913 bits per heavy atom. The van der Waals surface area contributed by atoms with E-state index in [9.17, 15) is 4.79 Å². The highest BCUT2D eigenvalue weighted by molar-refractivity contribution is 5.86. The third kappa shape index (κ3) is 2.75. The van der Waals surface area contributed by atoms with Crippen LogP contribution >= 0.6 is 0 Å². The summed E-state index contributed by atoms with van der Waals surface area (Å²) < 4.78 is 0. The summed E-state index contributed by atoms with van der Waals surface area (Å²) >= 11 is 0. The zero-order chi connectivity index (χ0) is 15.7. The van der Waals surface area contributed by atoms with Gasteiger partial charge >= 0.3 is 0 Å². The average molecular weight is 312 g/mol. The summed E-state index contributed by atoms with van der Waals surface area (Å²) in [5.41, 5.74) is 1.17. The summed E-state index contributed by atoms with van der Waals surface area (Å²) in [7, 11) is 0. The third-order valence-corrected chi connectivity index (χ3v) is 6.26. The number of rotatable bonds is 2. The molecule has 0 N–H and O–H groups in total. The fraction of sp³-hybridized carbons (Fsp3) is 0.650. The lowest BCUT2D eigenvalue weighted by Gasteiger charge is -2.41. The minimum Gasteiger partial charge on any atom is -0.370 e. The van der Waals surface area contributed by atoms with E-state index in [0.29, 0.717) is 11.9 Å². The fourth-order valence-corrected chi connectivity index (χ4v) is 4.96. The second kappa shape index (κ2) is 6.18. The monoisotopic (exact) mass is 312 g/mol. The topological polar surface area (TPSA) is 23.6 Å². The Labute approximate surface area is 139 Å². The van der Waals surface area contributed by atoms with Crippen LogP contribution in [0.1, 0.15) is 51.4 Å². The summed E-state index contributed by atoms with van der Waals surface area (Å²) in [6, 6.07) is 11.1. The van der Waals surface area contributed by atoms with Gasteiger partial charge in [-0.05, 0) is 44.2 Å². The molecule has 1 aromatic rings. The maximum absolute atomic E-state index is 13.3. The second-order valence-corrected chi connectivity index (χ2v) is 7.68. The molecule has 1 aliphatic carbocycles. The van der Waals surface area contributed by atoms with Crippen molar-refractivity contribution in [3.63, 3.8) is 0 Å². The van der Waals surface area contributed by atoms with Crippen molar-refractivity contribution in [3.05, 3.63) is 30.3 Å². The zero-order valence-corrected chi connectivity index (χ0v) is 14.0. The number of carbonyl (C=O) groups excluding carboxylic acids is 1. The van der Waals surface area contributed by atoms with Crippen molar-refractivity contribution in [1.29, 1.82) is 0 Å². The van der Waals surface area contributed by atoms with Crippen molar-refractivity contribution in [2.24, 2.45) is 5.41 Å². The molecule has 1 saturated carbocycles. The van der Waals surface area contributed by atoms with Crippen LogP contribution < -0.4 is 4.90 Å². The van der Waals surface area contributed by atoms with Crippen molar-refractivity contribution < 1.29 is 4.79 Å². The Bertz CT molecular complexity index is 552. The number of piperidine rings is 1. The summed E-state index contributed by atoms with van der Waals surface area (Å²) in [6.45, 7) is 2.99. The molecule has 1 amide bonds. The van der Waals surface area contributed by atoms with Gasteiger partial charge in [0.1, 0.15) is 0 Å². The van der Waals surface area contributed by atoms with Crippen molar-refractivity contribution in [1.82, 2.24) is 4.90 Å². The summed E-state index contributed by atoms with van der Waals surface area (Å²) in [6.07, 6.45) is 9.69. The molecule has 3 nitrogen and oxygen atoms in total. The molecular weight excluding hydrogens is 284 g/mol. The highest BCUT2D eigenvalue weighted by Crippen LogP contribution is 2.43. The fourth-order valence-electron chi connectivity index (χ4n) is 4.96. The summed E-state index contributed by atoms with van der Waals surface area (Å²) in [5, 5.41) is 0. The molecule has 2 saturated heterocycles. The van der Waals surface area contributed by atoms with Gasteiger partial charge in [-0.3, -0.25) is 4.79 Å². The smallest absolute Gasteiger partial charge is 0.230 e. The summed E-state index contributed by atoms with van der Waals surface area (Å²) in [4.78, 5) is 18.0. The molecule has 1 unspecified atom stereocenters. The maximum Gasteiger partial charge on any atom is 0.230 e. The number of benzene rings is 1. The minimum atomic E-state index is -0.106. The van der Waals surface area contributed by atoms with Crippen molar-refractivity contribution in [2.45, 2.75) is 57.4 Å². The Balaban J connectivity index is 1.50. The molecule has 0 radical (unpaired) electrons. The Hall–Kier alpha value is -1.51.